The molecule has 0 amide bonds. The largest absolute Gasteiger partial charge is 0.480 e. The molecule has 3 nitrogen and oxygen atoms in total. The van der Waals surface area contributed by atoms with Crippen LogP contribution >= 0.6 is 22.6 Å². The summed E-state index contributed by atoms with van der Waals surface area (Å²) < 4.78 is 1.29. The summed E-state index contributed by atoms with van der Waals surface area (Å²) in [5, 5.41) is 7.87. The first kappa shape index (κ1) is 12.4. The van der Waals surface area contributed by atoms with Gasteiger partial charge in [0, 0.05) is 3.57 Å². The molecule has 4 heteroatoms. The monoisotopic (exact) mass is 293 g/mol. The van der Waals surface area contributed by atoms with E-state index < -0.39 is 12.0 Å². The molecule has 0 aliphatic rings. The van der Waals surface area contributed by atoms with Crippen molar-refractivity contribution < 1.29 is 9.90 Å². The van der Waals surface area contributed by atoms with E-state index in [4.69, 9.17) is 10.8 Å². The average Bonchev–Trinajstić information content (AvgIpc) is 2.06. The van der Waals surface area contributed by atoms with Gasteiger partial charge < -0.3 is 10.8 Å². The van der Waals surface area contributed by atoms with E-state index in [2.05, 4.69) is 34.7 Å². The van der Waals surface area contributed by atoms with E-state index in [-0.39, 0.29) is 0 Å². The van der Waals surface area contributed by atoms with Crippen LogP contribution in [0.1, 0.15) is 6.92 Å². The molecule has 0 fully saturated rings. The van der Waals surface area contributed by atoms with Crippen molar-refractivity contribution in [2.24, 2.45) is 5.73 Å². The molecule has 0 unspecified atom stereocenters. The van der Waals surface area contributed by atoms with E-state index in [0.717, 1.165) is 0 Å². The topological polar surface area (TPSA) is 63.3 Å². The zero-order chi connectivity index (χ0) is 10.3. The minimum Gasteiger partial charge on any atom is -0.480 e. The Labute approximate surface area is 91.1 Å². The maximum Gasteiger partial charge on any atom is 0.320 e. The fourth-order valence-corrected chi connectivity index (χ4v) is 0.830. The van der Waals surface area contributed by atoms with Crippen LogP contribution in [0.5, 0.6) is 0 Å². The third kappa shape index (κ3) is 7.73. The third-order valence-electron chi connectivity index (χ3n) is 1.12. The smallest absolute Gasteiger partial charge is 0.320 e. The second kappa shape index (κ2) is 6.85. The summed E-state index contributed by atoms with van der Waals surface area (Å²) in [6, 6.07) is 9.48. The van der Waals surface area contributed by atoms with Gasteiger partial charge in [0.25, 0.3) is 0 Å². The SMILES string of the molecule is C[C@H](N)C(=O)O.Ic1ccccc1. The Morgan fingerprint density at radius 2 is 1.85 bits per heavy atom. The van der Waals surface area contributed by atoms with Crippen LogP contribution < -0.4 is 5.73 Å². The van der Waals surface area contributed by atoms with Gasteiger partial charge in [-0.2, -0.15) is 0 Å². The number of carboxylic acids is 1. The molecule has 0 aliphatic heterocycles. The van der Waals surface area contributed by atoms with E-state index in [1.165, 1.54) is 10.5 Å². The van der Waals surface area contributed by atoms with Gasteiger partial charge in [0.1, 0.15) is 6.04 Å². The lowest BCUT2D eigenvalue weighted by Crippen LogP contribution is -2.25. The summed E-state index contributed by atoms with van der Waals surface area (Å²) in [7, 11) is 0. The lowest BCUT2D eigenvalue weighted by molar-refractivity contribution is -0.138. The maximum atomic E-state index is 9.57. The van der Waals surface area contributed by atoms with E-state index in [0.29, 0.717) is 0 Å². The fraction of sp³-hybridized carbons (Fsp3) is 0.222. The number of rotatable bonds is 1. The molecular formula is C9H12INO2. The van der Waals surface area contributed by atoms with Crippen molar-refractivity contribution in [2.75, 3.05) is 0 Å². The summed E-state index contributed by atoms with van der Waals surface area (Å²) in [6.45, 7) is 1.42. The van der Waals surface area contributed by atoms with E-state index in [9.17, 15) is 4.79 Å². The number of benzene rings is 1. The molecule has 0 aromatic heterocycles. The first-order valence-corrected chi connectivity index (χ1v) is 4.81. The Morgan fingerprint density at radius 1 is 1.46 bits per heavy atom. The van der Waals surface area contributed by atoms with Crippen LogP contribution in [0.15, 0.2) is 30.3 Å². The molecule has 1 atom stereocenters. The van der Waals surface area contributed by atoms with Gasteiger partial charge in [0.15, 0.2) is 0 Å². The van der Waals surface area contributed by atoms with Crippen molar-refractivity contribution in [3.8, 4) is 0 Å². The van der Waals surface area contributed by atoms with E-state index in [1.807, 2.05) is 18.2 Å². The van der Waals surface area contributed by atoms with Gasteiger partial charge in [-0.3, -0.25) is 4.79 Å². The minimum atomic E-state index is -0.963. The Bertz CT molecular complexity index is 249. The summed E-state index contributed by atoms with van der Waals surface area (Å²) in [6.07, 6.45) is 0. The second-order valence-corrected chi connectivity index (χ2v) is 3.67. The van der Waals surface area contributed by atoms with Gasteiger partial charge in [-0.25, -0.2) is 0 Å². The predicted molar refractivity (Wildman–Crippen MR) is 60.4 cm³/mol. The Morgan fingerprint density at radius 3 is 2.00 bits per heavy atom. The van der Waals surface area contributed by atoms with E-state index >= 15 is 0 Å². The zero-order valence-electron chi connectivity index (χ0n) is 7.27. The van der Waals surface area contributed by atoms with Crippen molar-refractivity contribution in [3.63, 3.8) is 0 Å². The van der Waals surface area contributed by atoms with Crippen molar-refractivity contribution in [2.45, 2.75) is 13.0 Å². The number of carboxylic acid groups (broad SMARTS) is 1. The quantitative estimate of drug-likeness (QED) is 0.775. The molecule has 1 aromatic rings. The predicted octanol–water partition coefficient (Wildman–Crippen LogP) is 1.71. The van der Waals surface area contributed by atoms with Crippen LogP contribution in [-0.2, 0) is 4.79 Å². The van der Waals surface area contributed by atoms with Crippen LogP contribution in [0.3, 0.4) is 0 Å². The summed E-state index contributed by atoms with van der Waals surface area (Å²) in [4.78, 5) is 9.57. The van der Waals surface area contributed by atoms with Crippen LogP contribution in [0, 0.1) is 3.57 Å². The molecule has 0 saturated carbocycles. The highest BCUT2D eigenvalue weighted by Gasteiger charge is 1.99. The van der Waals surface area contributed by atoms with Crippen LogP contribution in [-0.4, -0.2) is 17.1 Å². The van der Waals surface area contributed by atoms with Crippen molar-refractivity contribution in [1.29, 1.82) is 0 Å². The molecule has 0 saturated heterocycles. The van der Waals surface area contributed by atoms with Gasteiger partial charge >= 0.3 is 5.97 Å². The molecule has 13 heavy (non-hydrogen) atoms. The molecule has 1 rings (SSSR count). The summed E-state index contributed by atoms with van der Waals surface area (Å²) in [5.41, 5.74) is 4.84. The molecule has 0 aliphatic carbocycles. The molecule has 72 valence electrons. The minimum absolute atomic E-state index is 0.731. The van der Waals surface area contributed by atoms with Crippen molar-refractivity contribution >= 4 is 28.6 Å². The van der Waals surface area contributed by atoms with Crippen molar-refractivity contribution in [3.05, 3.63) is 33.9 Å². The second-order valence-electron chi connectivity index (χ2n) is 2.42. The third-order valence-corrected chi connectivity index (χ3v) is 1.84. The fourth-order valence-electron chi connectivity index (χ4n) is 0.415. The number of carbonyl (C=O) groups is 1. The first-order chi connectivity index (χ1) is 6.04. The molecule has 0 spiro atoms. The molecular weight excluding hydrogens is 281 g/mol. The van der Waals surface area contributed by atoms with Crippen LogP contribution in [0.25, 0.3) is 0 Å². The van der Waals surface area contributed by atoms with Gasteiger partial charge in [0.05, 0.1) is 0 Å². The standard InChI is InChI=1S/C6H5I.C3H7NO2/c7-6-4-2-1-3-5-6;1-2(4)3(5)6/h1-5H;2H,4H2,1H3,(H,5,6)/t;2-/m.0/s1. The maximum absolute atomic E-state index is 9.57. The summed E-state index contributed by atoms with van der Waals surface area (Å²) >= 11 is 2.28. The highest BCUT2D eigenvalue weighted by atomic mass is 127. The van der Waals surface area contributed by atoms with Crippen LogP contribution in [0.4, 0.5) is 0 Å². The lowest BCUT2D eigenvalue weighted by atomic mass is 10.4. The van der Waals surface area contributed by atoms with E-state index in [1.54, 1.807) is 0 Å². The molecule has 0 heterocycles. The van der Waals surface area contributed by atoms with Gasteiger partial charge in [0.2, 0.25) is 0 Å². The first-order valence-electron chi connectivity index (χ1n) is 3.73. The average molecular weight is 293 g/mol. The number of nitrogens with two attached hydrogens (primary N) is 1. The highest BCUT2D eigenvalue weighted by molar-refractivity contribution is 14.1. The number of hydrogen-bond donors (Lipinski definition) is 2. The number of halogens is 1. The Balaban J connectivity index is 0.000000226. The van der Waals surface area contributed by atoms with Crippen molar-refractivity contribution in [1.82, 2.24) is 0 Å². The number of aliphatic carboxylic acids is 1. The number of hydrogen-bond acceptors (Lipinski definition) is 2. The summed E-state index contributed by atoms with van der Waals surface area (Å²) in [5.74, 6) is -0.963. The van der Waals surface area contributed by atoms with Crippen LogP contribution in [0.2, 0.25) is 0 Å². The highest BCUT2D eigenvalue weighted by Crippen LogP contribution is 1.99. The lowest BCUT2D eigenvalue weighted by Gasteiger charge is -1.90. The normalized spacial score (nSPS) is 11.0. The molecule has 3 N–H and O–H groups in total. The zero-order valence-corrected chi connectivity index (χ0v) is 9.43. The molecule has 1 aromatic carbocycles. The Hall–Kier alpha value is -0.620. The van der Waals surface area contributed by atoms with Gasteiger partial charge in [-0.1, -0.05) is 18.2 Å². The molecule has 0 bridgehead atoms. The van der Waals surface area contributed by atoms with Gasteiger partial charge in [-0.05, 0) is 41.6 Å². The molecule has 0 radical (unpaired) electrons. The van der Waals surface area contributed by atoms with Gasteiger partial charge in [-0.15, -0.1) is 0 Å². The Kier molecular flexibility index (Phi) is 6.52.